The molecular weight excluding hydrogens is 430 g/mol. The lowest BCUT2D eigenvalue weighted by Crippen LogP contribution is -2.16. The van der Waals surface area contributed by atoms with Crippen LogP contribution in [0.3, 0.4) is 0 Å². The van der Waals surface area contributed by atoms with Gasteiger partial charge in [-0.25, -0.2) is 14.6 Å². The number of nitrogens with zero attached hydrogens (tertiary/aromatic N) is 4. The molecule has 0 aliphatic carbocycles. The fourth-order valence-electron chi connectivity index (χ4n) is 3.53. The second kappa shape index (κ2) is 8.60. The van der Waals surface area contributed by atoms with Gasteiger partial charge in [0.05, 0.1) is 17.3 Å². The van der Waals surface area contributed by atoms with E-state index in [-0.39, 0.29) is 0 Å². The van der Waals surface area contributed by atoms with Crippen LogP contribution in [-0.4, -0.2) is 41.0 Å². The summed E-state index contributed by atoms with van der Waals surface area (Å²) in [4.78, 5) is 8.93. The second-order valence-electron chi connectivity index (χ2n) is 8.90. The zero-order valence-corrected chi connectivity index (χ0v) is 19.9. The minimum atomic E-state index is -1.45. The van der Waals surface area contributed by atoms with Crippen molar-refractivity contribution in [3.05, 3.63) is 66.1 Å². The number of anilines is 1. The van der Waals surface area contributed by atoms with E-state index >= 15 is 0 Å². The Morgan fingerprint density at radius 1 is 1.03 bits per heavy atom. The highest BCUT2D eigenvalue weighted by Gasteiger charge is 2.14. The molecule has 0 spiro atoms. The third-order valence-electron chi connectivity index (χ3n) is 5.10. The first-order valence-electron chi connectivity index (χ1n) is 10.9. The lowest BCUT2D eigenvalue weighted by molar-refractivity contribution is 0.171. The molecule has 0 unspecified atom stereocenters. The summed E-state index contributed by atoms with van der Waals surface area (Å²) in [6, 6.07) is 14.0. The molecule has 0 atom stereocenters. The Hall–Kier alpha value is -3.83. The molecule has 2 aromatic heterocycles. The first kappa shape index (κ1) is 21.0. The summed E-state index contributed by atoms with van der Waals surface area (Å²) in [6.45, 7) is 8.46. The average molecular weight is 456 g/mol. The molecule has 0 saturated heterocycles. The summed E-state index contributed by atoms with van der Waals surface area (Å²) in [7, 11) is -1.45. The molecule has 8 heteroatoms. The topological polar surface area (TPSA) is 74.1 Å². The molecule has 1 N–H and O–H groups in total. The zero-order chi connectivity index (χ0) is 22.8. The van der Waals surface area contributed by atoms with Gasteiger partial charge in [-0.05, 0) is 35.9 Å². The highest BCUT2D eigenvalue weighted by molar-refractivity contribution is 6.83. The highest BCUT2D eigenvalue weighted by Crippen LogP contribution is 2.31. The number of aromatic nitrogens is 4. The lowest BCUT2D eigenvalue weighted by atomic mass is 10.2. The Kier molecular flexibility index (Phi) is 5.48. The number of hydrogen-bond donors (Lipinski definition) is 1. The molecule has 166 valence electrons. The Labute approximate surface area is 193 Å². The van der Waals surface area contributed by atoms with E-state index in [1.54, 1.807) is 12.5 Å². The molecule has 0 amide bonds. The van der Waals surface area contributed by atoms with Crippen molar-refractivity contribution in [2.24, 2.45) is 0 Å². The van der Waals surface area contributed by atoms with Crippen molar-refractivity contribution in [3.63, 3.8) is 0 Å². The maximum Gasteiger partial charge on any atom is 0.168 e. The number of hydrogen-bond acceptors (Lipinski definition) is 6. The SMILES string of the molecule is C[Si](C)(C)C#Cc1cccc(-n2ncc3c(NCc4ccc5c(c4)OCCO5)ncnc32)c1. The van der Waals surface area contributed by atoms with Crippen LogP contribution in [0.2, 0.25) is 19.6 Å². The van der Waals surface area contributed by atoms with E-state index in [0.717, 1.165) is 45.2 Å². The van der Waals surface area contributed by atoms with E-state index in [2.05, 4.69) is 51.5 Å². The highest BCUT2D eigenvalue weighted by atomic mass is 28.3. The van der Waals surface area contributed by atoms with Gasteiger partial charge >= 0.3 is 0 Å². The van der Waals surface area contributed by atoms with Gasteiger partial charge in [0.1, 0.15) is 33.4 Å². The van der Waals surface area contributed by atoms with Crippen molar-refractivity contribution in [1.29, 1.82) is 0 Å². The molecule has 0 fully saturated rings. The van der Waals surface area contributed by atoms with Crippen LogP contribution in [0, 0.1) is 11.5 Å². The Balaban J connectivity index is 1.40. The summed E-state index contributed by atoms with van der Waals surface area (Å²) in [5.41, 5.74) is 7.13. The van der Waals surface area contributed by atoms with Crippen LogP contribution in [0.5, 0.6) is 11.5 Å². The van der Waals surface area contributed by atoms with Gasteiger partial charge in [-0.15, -0.1) is 5.54 Å². The van der Waals surface area contributed by atoms with Gasteiger partial charge in [0.2, 0.25) is 0 Å². The molecule has 2 aromatic carbocycles. The molecule has 0 radical (unpaired) electrons. The second-order valence-corrected chi connectivity index (χ2v) is 13.6. The molecule has 5 rings (SSSR count). The van der Waals surface area contributed by atoms with Gasteiger partial charge in [0, 0.05) is 12.1 Å². The molecule has 4 aromatic rings. The van der Waals surface area contributed by atoms with E-state index in [4.69, 9.17) is 9.47 Å². The summed E-state index contributed by atoms with van der Waals surface area (Å²) in [5, 5.41) is 8.85. The molecule has 0 bridgehead atoms. The predicted octanol–water partition coefficient (Wildman–Crippen LogP) is 4.43. The summed E-state index contributed by atoms with van der Waals surface area (Å²) < 4.78 is 13.1. The number of ether oxygens (including phenoxy) is 2. The number of benzene rings is 2. The van der Waals surface area contributed by atoms with Gasteiger partial charge < -0.3 is 14.8 Å². The monoisotopic (exact) mass is 455 g/mol. The van der Waals surface area contributed by atoms with Gasteiger partial charge in [-0.1, -0.05) is 37.7 Å². The first-order valence-corrected chi connectivity index (χ1v) is 14.4. The van der Waals surface area contributed by atoms with Crippen molar-refractivity contribution in [3.8, 4) is 28.7 Å². The molecule has 0 saturated carbocycles. The van der Waals surface area contributed by atoms with Crippen LogP contribution in [0.25, 0.3) is 16.7 Å². The molecule has 1 aliphatic rings. The fraction of sp³-hybridized carbons (Fsp3) is 0.240. The van der Waals surface area contributed by atoms with Crippen molar-refractivity contribution in [2.45, 2.75) is 26.2 Å². The van der Waals surface area contributed by atoms with Crippen LogP contribution >= 0.6 is 0 Å². The molecule has 1 aliphatic heterocycles. The van der Waals surface area contributed by atoms with Crippen molar-refractivity contribution in [2.75, 3.05) is 18.5 Å². The van der Waals surface area contributed by atoms with Crippen molar-refractivity contribution in [1.82, 2.24) is 19.7 Å². The van der Waals surface area contributed by atoms with Crippen LogP contribution in [0.1, 0.15) is 11.1 Å². The maximum absolute atomic E-state index is 5.69. The summed E-state index contributed by atoms with van der Waals surface area (Å²) in [6.07, 6.45) is 3.35. The lowest BCUT2D eigenvalue weighted by Gasteiger charge is -2.19. The van der Waals surface area contributed by atoms with Crippen LogP contribution < -0.4 is 14.8 Å². The zero-order valence-electron chi connectivity index (χ0n) is 18.9. The quantitative estimate of drug-likeness (QED) is 0.363. The Bertz CT molecular complexity index is 1380. The predicted molar refractivity (Wildman–Crippen MR) is 132 cm³/mol. The Morgan fingerprint density at radius 2 is 1.88 bits per heavy atom. The normalized spacial score (nSPS) is 12.8. The van der Waals surface area contributed by atoms with Crippen LogP contribution in [0.15, 0.2) is 55.0 Å². The summed E-state index contributed by atoms with van der Waals surface area (Å²) >= 11 is 0. The van der Waals surface area contributed by atoms with E-state index in [1.165, 1.54) is 0 Å². The van der Waals surface area contributed by atoms with Gasteiger partial charge in [-0.2, -0.15) is 5.10 Å². The third kappa shape index (κ3) is 4.68. The Morgan fingerprint density at radius 3 is 2.73 bits per heavy atom. The van der Waals surface area contributed by atoms with Crippen LogP contribution in [0.4, 0.5) is 5.82 Å². The van der Waals surface area contributed by atoms with E-state index in [1.807, 2.05) is 47.1 Å². The van der Waals surface area contributed by atoms with E-state index in [0.29, 0.717) is 19.8 Å². The maximum atomic E-state index is 5.69. The van der Waals surface area contributed by atoms with E-state index < -0.39 is 8.07 Å². The number of nitrogens with one attached hydrogen (secondary N) is 1. The number of rotatable bonds is 4. The van der Waals surface area contributed by atoms with Gasteiger partial charge in [0.15, 0.2) is 17.1 Å². The smallest absolute Gasteiger partial charge is 0.168 e. The molecule has 7 nitrogen and oxygen atoms in total. The molecular formula is C25H25N5O2Si. The first-order chi connectivity index (χ1) is 16.0. The number of fused-ring (bicyclic) bond motifs is 2. The van der Waals surface area contributed by atoms with Crippen molar-refractivity contribution >= 4 is 24.9 Å². The minimum Gasteiger partial charge on any atom is -0.486 e. The van der Waals surface area contributed by atoms with Crippen LogP contribution in [-0.2, 0) is 6.54 Å². The van der Waals surface area contributed by atoms with Gasteiger partial charge in [0.25, 0.3) is 0 Å². The average Bonchev–Trinajstić information content (AvgIpc) is 3.26. The van der Waals surface area contributed by atoms with E-state index in [9.17, 15) is 0 Å². The molecule has 3 heterocycles. The standard InChI is InChI=1S/C25H25N5O2Si/c1-33(2,3)12-9-18-5-4-6-20(13-18)30-25-21(16-29-30)24(27-17-28-25)26-15-19-7-8-22-23(14-19)32-11-10-31-22/h4-8,13-14,16-17H,10-11,15H2,1-3H3,(H,26,27,28). The largest absolute Gasteiger partial charge is 0.486 e. The third-order valence-corrected chi connectivity index (χ3v) is 5.98. The van der Waals surface area contributed by atoms with Crippen molar-refractivity contribution < 1.29 is 9.47 Å². The molecule has 33 heavy (non-hydrogen) atoms. The fourth-order valence-corrected chi connectivity index (χ4v) is 4.05. The summed E-state index contributed by atoms with van der Waals surface area (Å²) in [5.74, 6) is 5.61. The van der Waals surface area contributed by atoms with Gasteiger partial charge in [-0.3, -0.25) is 0 Å². The minimum absolute atomic E-state index is 0.570.